The van der Waals surface area contributed by atoms with Crippen molar-refractivity contribution in [2.75, 3.05) is 56.6 Å². The SMILES string of the molecule is COc1ccc(NC(=O)Nc2ccc3c(c2)C(=O)N([C@@H](C)CO)C[C@@H](C)[C@@H](CN(C)C(=O)Nc2ccc4c(c2)OCO4)O3)cc1. The molecular weight excluding hydrogens is 582 g/mol. The number of carbonyl (C=O) groups is 3. The van der Waals surface area contributed by atoms with Gasteiger partial charge in [0.2, 0.25) is 6.79 Å². The van der Waals surface area contributed by atoms with Crippen LogP contribution in [0.15, 0.2) is 60.7 Å². The fourth-order valence-electron chi connectivity index (χ4n) is 5.03. The molecule has 3 aromatic carbocycles. The van der Waals surface area contributed by atoms with Crippen molar-refractivity contribution in [2.24, 2.45) is 5.92 Å². The number of methoxy groups -OCH3 is 1. The molecule has 5 rings (SSSR count). The highest BCUT2D eigenvalue weighted by atomic mass is 16.7. The summed E-state index contributed by atoms with van der Waals surface area (Å²) in [7, 11) is 3.22. The molecule has 2 aliphatic heterocycles. The summed E-state index contributed by atoms with van der Waals surface area (Å²) < 4.78 is 22.3. The van der Waals surface area contributed by atoms with Gasteiger partial charge in [0.25, 0.3) is 5.91 Å². The van der Waals surface area contributed by atoms with E-state index in [1.165, 1.54) is 4.90 Å². The van der Waals surface area contributed by atoms with Crippen LogP contribution in [0.25, 0.3) is 0 Å². The van der Waals surface area contributed by atoms with E-state index in [9.17, 15) is 19.5 Å². The van der Waals surface area contributed by atoms with E-state index in [4.69, 9.17) is 18.9 Å². The maximum Gasteiger partial charge on any atom is 0.323 e. The van der Waals surface area contributed by atoms with Crippen molar-refractivity contribution in [3.8, 4) is 23.0 Å². The van der Waals surface area contributed by atoms with Gasteiger partial charge in [0, 0.05) is 42.6 Å². The maximum absolute atomic E-state index is 13.7. The number of benzene rings is 3. The molecule has 5 amide bonds. The van der Waals surface area contributed by atoms with E-state index >= 15 is 0 Å². The van der Waals surface area contributed by atoms with Crippen LogP contribution in [0, 0.1) is 5.92 Å². The quantitative estimate of drug-likeness (QED) is 0.289. The van der Waals surface area contributed by atoms with Crippen molar-refractivity contribution in [1.82, 2.24) is 9.80 Å². The van der Waals surface area contributed by atoms with Gasteiger partial charge in [0.15, 0.2) is 11.5 Å². The molecule has 4 N–H and O–H groups in total. The van der Waals surface area contributed by atoms with Crippen molar-refractivity contribution in [3.63, 3.8) is 0 Å². The summed E-state index contributed by atoms with van der Waals surface area (Å²) in [6.45, 7) is 4.07. The fraction of sp³-hybridized carbons (Fsp3) is 0.344. The number of hydrogen-bond acceptors (Lipinski definition) is 8. The minimum Gasteiger partial charge on any atom is -0.497 e. The van der Waals surface area contributed by atoms with E-state index in [0.29, 0.717) is 40.1 Å². The van der Waals surface area contributed by atoms with Crippen LogP contribution in [0.2, 0.25) is 0 Å². The summed E-state index contributed by atoms with van der Waals surface area (Å²) in [5, 5.41) is 18.3. The Morgan fingerprint density at radius 1 is 0.978 bits per heavy atom. The molecule has 0 saturated heterocycles. The van der Waals surface area contributed by atoms with E-state index in [0.717, 1.165) is 0 Å². The Morgan fingerprint density at radius 2 is 1.62 bits per heavy atom. The van der Waals surface area contributed by atoms with Gasteiger partial charge in [-0.2, -0.15) is 0 Å². The lowest BCUT2D eigenvalue weighted by Crippen LogP contribution is -2.50. The number of amides is 5. The highest BCUT2D eigenvalue weighted by Crippen LogP contribution is 2.34. The number of carbonyl (C=O) groups excluding carboxylic acids is 3. The van der Waals surface area contributed by atoms with Crippen molar-refractivity contribution < 1.29 is 38.4 Å². The standard InChI is InChI=1S/C32H37N5O8/c1-19-15-37(20(2)17-38)30(39)25-13-22(34-31(40)33-21-5-9-24(42-4)10-6-21)7-11-26(25)45-29(19)16-36(3)32(41)35-23-8-12-27-28(14-23)44-18-43-27/h5-14,19-20,29,38H,15-18H2,1-4H3,(H,35,41)(H2,33,34,40)/t19-,20+,29-/m1/s1. The van der Waals surface area contributed by atoms with Gasteiger partial charge in [-0.1, -0.05) is 6.92 Å². The van der Waals surface area contributed by atoms with Crippen LogP contribution in [0.5, 0.6) is 23.0 Å². The summed E-state index contributed by atoms with van der Waals surface area (Å²) in [6, 6.07) is 15.5. The Balaban J connectivity index is 1.32. The number of rotatable bonds is 8. The third-order valence-corrected chi connectivity index (χ3v) is 7.69. The monoisotopic (exact) mass is 619 g/mol. The lowest BCUT2D eigenvalue weighted by atomic mass is 9.99. The molecule has 3 aromatic rings. The zero-order valence-electron chi connectivity index (χ0n) is 25.5. The smallest absolute Gasteiger partial charge is 0.323 e. The molecule has 0 aromatic heterocycles. The first-order chi connectivity index (χ1) is 21.6. The van der Waals surface area contributed by atoms with Crippen molar-refractivity contribution in [1.29, 1.82) is 0 Å². The van der Waals surface area contributed by atoms with E-state index in [1.807, 2.05) is 6.92 Å². The summed E-state index contributed by atoms with van der Waals surface area (Å²) >= 11 is 0. The molecule has 0 bridgehead atoms. The second-order valence-corrected chi connectivity index (χ2v) is 11.0. The van der Waals surface area contributed by atoms with Gasteiger partial charge >= 0.3 is 12.1 Å². The van der Waals surface area contributed by atoms with Crippen LogP contribution >= 0.6 is 0 Å². The summed E-state index contributed by atoms with van der Waals surface area (Å²) in [6.07, 6.45) is -0.505. The highest BCUT2D eigenvalue weighted by Gasteiger charge is 2.34. The first-order valence-electron chi connectivity index (χ1n) is 14.5. The number of hydrogen-bond donors (Lipinski definition) is 4. The number of fused-ring (bicyclic) bond motifs is 2. The number of ether oxygens (including phenoxy) is 4. The number of nitrogens with one attached hydrogen (secondary N) is 3. The largest absolute Gasteiger partial charge is 0.497 e. The van der Waals surface area contributed by atoms with Crippen LogP contribution in [0.1, 0.15) is 24.2 Å². The van der Waals surface area contributed by atoms with E-state index in [2.05, 4.69) is 16.0 Å². The lowest BCUT2D eigenvalue weighted by molar-refractivity contribution is 0.0371. The first kappa shape index (κ1) is 31.3. The zero-order chi connectivity index (χ0) is 32.1. The minimum atomic E-state index is -0.505. The van der Waals surface area contributed by atoms with Gasteiger partial charge in [0.1, 0.15) is 17.6 Å². The van der Waals surface area contributed by atoms with Gasteiger partial charge < -0.3 is 49.8 Å². The maximum atomic E-state index is 13.7. The number of aliphatic hydroxyl groups is 1. The molecule has 0 spiro atoms. The van der Waals surface area contributed by atoms with Crippen LogP contribution in [0.3, 0.4) is 0 Å². The Kier molecular flexibility index (Phi) is 9.48. The Hall–Kier alpha value is -5.17. The van der Waals surface area contributed by atoms with Gasteiger partial charge in [-0.25, -0.2) is 9.59 Å². The Labute approximate surface area is 261 Å². The molecule has 45 heavy (non-hydrogen) atoms. The van der Waals surface area contributed by atoms with Crippen LogP contribution in [0.4, 0.5) is 26.7 Å². The molecule has 0 saturated carbocycles. The van der Waals surface area contributed by atoms with Crippen LogP contribution in [-0.4, -0.2) is 85.7 Å². The molecule has 3 atom stereocenters. The van der Waals surface area contributed by atoms with Gasteiger partial charge in [0.05, 0.1) is 31.9 Å². The molecule has 13 heteroatoms. The Morgan fingerprint density at radius 3 is 2.33 bits per heavy atom. The number of aliphatic hydroxyl groups excluding tert-OH is 1. The number of anilines is 3. The molecule has 2 aliphatic rings. The summed E-state index contributed by atoms with van der Waals surface area (Å²) in [5.41, 5.74) is 1.71. The Bertz CT molecular complexity index is 1550. The predicted octanol–water partition coefficient (Wildman–Crippen LogP) is 4.45. The normalized spacial score (nSPS) is 17.6. The van der Waals surface area contributed by atoms with Crippen LogP contribution in [-0.2, 0) is 0 Å². The second kappa shape index (κ2) is 13.6. The minimum absolute atomic E-state index is 0.133. The molecule has 2 heterocycles. The average Bonchev–Trinajstić information content (AvgIpc) is 3.51. The molecule has 0 radical (unpaired) electrons. The molecule has 238 valence electrons. The number of urea groups is 2. The third-order valence-electron chi connectivity index (χ3n) is 7.69. The fourth-order valence-corrected chi connectivity index (χ4v) is 5.03. The molecule has 0 fully saturated rings. The van der Waals surface area contributed by atoms with E-state index < -0.39 is 18.2 Å². The van der Waals surface area contributed by atoms with Crippen LogP contribution < -0.4 is 34.9 Å². The third kappa shape index (κ3) is 7.32. The highest BCUT2D eigenvalue weighted by molar-refractivity contribution is 6.02. The zero-order valence-corrected chi connectivity index (χ0v) is 25.5. The second-order valence-electron chi connectivity index (χ2n) is 11.0. The lowest BCUT2D eigenvalue weighted by Gasteiger charge is -2.38. The summed E-state index contributed by atoms with van der Waals surface area (Å²) in [4.78, 5) is 42.7. The molecule has 0 aliphatic carbocycles. The topological polar surface area (TPSA) is 151 Å². The number of likely N-dealkylation sites (N-methyl/N-ethyl adjacent to an activating group) is 1. The molecular formula is C32H37N5O8. The van der Waals surface area contributed by atoms with E-state index in [-0.39, 0.29) is 49.9 Å². The van der Waals surface area contributed by atoms with Crippen molar-refractivity contribution in [2.45, 2.75) is 26.0 Å². The van der Waals surface area contributed by atoms with Gasteiger partial charge in [-0.15, -0.1) is 0 Å². The number of nitrogens with zero attached hydrogens (tertiary/aromatic N) is 2. The van der Waals surface area contributed by atoms with Gasteiger partial charge in [-0.3, -0.25) is 4.79 Å². The van der Waals surface area contributed by atoms with Gasteiger partial charge in [-0.05, 0) is 61.5 Å². The molecule has 0 unspecified atom stereocenters. The first-order valence-corrected chi connectivity index (χ1v) is 14.5. The van der Waals surface area contributed by atoms with Crippen molar-refractivity contribution in [3.05, 3.63) is 66.2 Å². The average molecular weight is 620 g/mol. The van der Waals surface area contributed by atoms with E-state index in [1.54, 1.807) is 86.6 Å². The van der Waals surface area contributed by atoms with Crippen molar-refractivity contribution >= 4 is 35.0 Å². The predicted molar refractivity (Wildman–Crippen MR) is 167 cm³/mol. The molecule has 13 nitrogen and oxygen atoms in total. The summed E-state index contributed by atoms with van der Waals surface area (Å²) in [5.74, 6) is 1.59.